The second-order valence-corrected chi connectivity index (χ2v) is 9.63. The predicted octanol–water partition coefficient (Wildman–Crippen LogP) is 3.82. The molecule has 0 aliphatic carbocycles. The van der Waals surface area contributed by atoms with Crippen LogP contribution < -0.4 is 5.32 Å². The van der Waals surface area contributed by atoms with Crippen molar-refractivity contribution in [3.05, 3.63) is 28.2 Å². The number of anilines is 1. The van der Waals surface area contributed by atoms with E-state index in [-0.39, 0.29) is 41.5 Å². The van der Waals surface area contributed by atoms with Crippen molar-refractivity contribution in [1.29, 1.82) is 0 Å². The van der Waals surface area contributed by atoms with E-state index >= 15 is 0 Å². The van der Waals surface area contributed by atoms with Gasteiger partial charge in [-0.3, -0.25) is 14.4 Å². The van der Waals surface area contributed by atoms with Crippen molar-refractivity contribution >= 4 is 46.6 Å². The standard InChI is InChI=1S/C21H27Cl2N3O3/c1-21(2,3)26-12-14(10-18(26)27)20(29)25-8-6-13(7-9-25)19(28)24-17-11-15(22)4-5-16(17)23/h4-5,11,13-14H,6-10,12H2,1-3H3,(H,24,28). The van der Waals surface area contributed by atoms with Crippen molar-refractivity contribution in [3.8, 4) is 0 Å². The summed E-state index contributed by atoms with van der Waals surface area (Å²) < 4.78 is 0. The molecule has 0 spiro atoms. The fourth-order valence-electron chi connectivity index (χ4n) is 3.97. The van der Waals surface area contributed by atoms with Gasteiger partial charge in [0.05, 0.1) is 16.6 Å². The number of hydrogen-bond acceptors (Lipinski definition) is 3. The minimum absolute atomic E-state index is 0.0156. The normalized spacial score (nSPS) is 20.9. The molecule has 1 aromatic rings. The minimum Gasteiger partial charge on any atom is -0.342 e. The Labute approximate surface area is 181 Å². The molecule has 1 unspecified atom stereocenters. The third kappa shape index (κ3) is 5.04. The number of rotatable bonds is 3. The number of halogens is 2. The number of piperidine rings is 1. The SMILES string of the molecule is CC(C)(C)N1CC(C(=O)N2CCC(C(=O)Nc3cc(Cl)ccc3Cl)CC2)CC1=O. The van der Waals surface area contributed by atoms with Gasteiger partial charge >= 0.3 is 0 Å². The van der Waals surface area contributed by atoms with Gasteiger partial charge in [-0.2, -0.15) is 0 Å². The van der Waals surface area contributed by atoms with Crippen LogP contribution in [-0.2, 0) is 14.4 Å². The number of carbonyl (C=O) groups is 3. The number of benzene rings is 1. The Hall–Kier alpha value is -1.79. The van der Waals surface area contributed by atoms with E-state index in [0.29, 0.717) is 48.2 Å². The molecule has 158 valence electrons. The monoisotopic (exact) mass is 439 g/mol. The molecule has 2 saturated heterocycles. The lowest BCUT2D eigenvalue weighted by Crippen LogP contribution is -2.46. The Morgan fingerprint density at radius 1 is 1.10 bits per heavy atom. The van der Waals surface area contributed by atoms with Crippen molar-refractivity contribution in [3.63, 3.8) is 0 Å². The molecule has 2 heterocycles. The fourth-order valence-corrected chi connectivity index (χ4v) is 4.31. The van der Waals surface area contributed by atoms with Crippen LogP contribution in [-0.4, -0.2) is 52.7 Å². The molecule has 2 aliphatic rings. The average Bonchev–Trinajstić information content (AvgIpc) is 3.06. The van der Waals surface area contributed by atoms with E-state index in [1.165, 1.54) is 0 Å². The zero-order valence-corrected chi connectivity index (χ0v) is 18.5. The lowest BCUT2D eigenvalue weighted by atomic mass is 9.94. The van der Waals surface area contributed by atoms with E-state index in [2.05, 4.69) is 5.32 Å². The molecule has 3 amide bonds. The zero-order chi connectivity index (χ0) is 21.3. The molecule has 2 fully saturated rings. The molecule has 0 saturated carbocycles. The van der Waals surface area contributed by atoms with Crippen LogP contribution in [0.5, 0.6) is 0 Å². The quantitative estimate of drug-likeness (QED) is 0.777. The number of hydrogen-bond donors (Lipinski definition) is 1. The van der Waals surface area contributed by atoms with E-state index < -0.39 is 0 Å². The summed E-state index contributed by atoms with van der Waals surface area (Å²) in [5.41, 5.74) is 0.216. The van der Waals surface area contributed by atoms with Gasteiger partial charge in [-0.1, -0.05) is 23.2 Å². The molecule has 0 bridgehead atoms. The summed E-state index contributed by atoms with van der Waals surface area (Å²) in [6.07, 6.45) is 1.43. The van der Waals surface area contributed by atoms with Gasteiger partial charge in [0.15, 0.2) is 0 Å². The maximum Gasteiger partial charge on any atom is 0.227 e. The topological polar surface area (TPSA) is 69.7 Å². The summed E-state index contributed by atoms with van der Waals surface area (Å²) in [7, 11) is 0. The highest BCUT2D eigenvalue weighted by atomic mass is 35.5. The molecule has 1 N–H and O–H groups in total. The molecule has 2 aliphatic heterocycles. The van der Waals surface area contributed by atoms with E-state index in [1.54, 1.807) is 28.0 Å². The first kappa shape index (κ1) is 21.9. The smallest absolute Gasteiger partial charge is 0.227 e. The predicted molar refractivity (Wildman–Crippen MR) is 114 cm³/mol. The van der Waals surface area contributed by atoms with Crippen molar-refractivity contribution in [1.82, 2.24) is 9.80 Å². The Kier molecular flexibility index (Phi) is 6.44. The maximum absolute atomic E-state index is 12.9. The van der Waals surface area contributed by atoms with Crippen molar-refractivity contribution in [2.45, 2.75) is 45.6 Å². The van der Waals surface area contributed by atoms with Crippen LogP contribution in [0.25, 0.3) is 0 Å². The highest BCUT2D eigenvalue weighted by Crippen LogP contribution is 2.30. The van der Waals surface area contributed by atoms with Crippen LogP contribution in [0.1, 0.15) is 40.0 Å². The fraction of sp³-hybridized carbons (Fsp3) is 0.571. The molecular formula is C21H27Cl2N3O3. The lowest BCUT2D eigenvalue weighted by molar-refractivity contribution is -0.138. The van der Waals surface area contributed by atoms with Gasteiger partial charge in [-0.15, -0.1) is 0 Å². The number of nitrogens with one attached hydrogen (secondary N) is 1. The third-order valence-corrected chi connectivity index (χ3v) is 6.21. The van der Waals surface area contributed by atoms with Crippen molar-refractivity contribution in [2.24, 2.45) is 11.8 Å². The van der Waals surface area contributed by atoms with Gasteiger partial charge in [0, 0.05) is 42.5 Å². The Morgan fingerprint density at radius 3 is 2.34 bits per heavy atom. The first-order valence-electron chi connectivity index (χ1n) is 9.91. The van der Waals surface area contributed by atoms with Crippen LogP contribution in [0, 0.1) is 11.8 Å². The molecule has 0 radical (unpaired) electrons. The molecular weight excluding hydrogens is 413 g/mol. The van der Waals surface area contributed by atoms with Crippen molar-refractivity contribution in [2.75, 3.05) is 25.0 Å². The number of nitrogens with zero attached hydrogens (tertiary/aromatic N) is 2. The second-order valence-electron chi connectivity index (χ2n) is 8.79. The molecule has 8 heteroatoms. The molecule has 6 nitrogen and oxygen atoms in total. The molecule has 29 heavy (non-hydrogen) atoms. The van der Waals surface area contributed by atoms with Gasteiger partial charge in [-0.05, 0) is 51.8 Å². The number of amides is 3. The van der Waals surface area contributed by atoms with E-state index in [0.717, 1.165) is 0 Å². The summed E-state index contributed by atoms with van der Waals surface area (Å²) in [5, 5.41) is 3.77. The van der Waals surface area contributed by atoms with Crippen LogP contribution in [0.4, 0.5) is 5.69 Å². The molecule has 0 aromatic heterocycles. The maximum atomic E-state index is 12.9. The number of carbonyl (C=O) groups excluding carboxylic acids is 3. The Morgan fingerprint density at radius 2 is 1.76 bits per heavy atom. The molecule has 1 aromatic carbocycles. The Balaban J connectivity index is 1.54. The largest absolute Gasteiger partial charge is 0.342 e. The number of likely N-dealkylation sites (tertiary alicyclic amines) is 2. The molecule has 1 atom stereocenters. The summed E-state index contributed by atoms with van der Waals surface area (Å²) in [5.74, 6) is -0.552. The summed E-state index contributed by atoms with van der Waals surface area (Å²) in [6, 6.07) is 4.93. The summed E-state index contributed by atoms with van der Waals surface area (Å²) >= 11 is 12.1. The van der Waals surface area contributed by atoms with Crippen LogP contribution in [0.3, 0.4) is 0 Å². The first-order chi connectivity index (χ1) is 13.6. The van der Waals surface area contributed by atoms with E-state index in [4.69, 9.17) is 23.2 Å². The highest BCUT2D eigenvalue weighted by molar-refractivity contribution is 6.35. The summed E-state index contributed by atoms with van der Waals surface area (Å²) in [6.45, 7) is 7.44. The third-order valence-electron chi connectivity index (χ3n) is 5.65. The highest BCUT2D eigenvalue weighted by Gasteiger charge is 2.41. The van der Waals surface area contributed by atoms with Crippen LogP contribution in [0.15, 0.2) is 18.2 Å². The summed E-state index contributed by atoms with van der Waals surface area (Å²) in [4.78, 5) is 41.3. The zero-order valence-electron chi connectivity index (χ0n) is 17.0. The van der Waals surface area contributed by atoms with Gasteiger partial charge < -0.3 is 15.1 Å². The van der Waals surface area contributed by atoms with Gasteiger partial charge in [0.2, 0.25) is 17.7 Å². The first-order valence-corrected chi connectivity index (χ1v) is 10.7. The van der Waals surface area contributed by atoms with Gasteiger partial charge in [-0.25, -0.2) is 0 Å². The van der Waals surface area contributed by atoms with Crippen LogP contribution in [0.2, 0.25) is 10.0 Å². The van der Waals surface area contributed by atoms with E-state index in [9.17, 15) is 14.4 Å². The van der Waals surface area contributed by atoms with Crippen LogP contribution >= 0.6 is 23.2 Å². The average molecular weight is 440 g/mol. The minimum atomic E-state index is -0.294. The van der Waals surface area contributed by atoms with Crippen molar-refractivity contribution < 1.29 is 14.4 Å². The van der Waals surface area contributed by atoms with Gasteiger partial charge in [0.1, 0.15) is 0 Å². The molecule has 3 rings (SSSR count). The Bertz CT molecular complexity index is 814. The lowest BCUT2D eigenvalue weighted by Gasteiger charge is -2.34. The van der Waals surface area contributed by atoms with Gasteiger partial charge in [0.25, 0.3) is 0 Å². The van der Waals surface area contributed by atoms with E-state index in [1.807, 2.05) is 20.8 Å². The second kappa shape index (κ2) is 8.52.